The molecule has 1 saturated carbocycles. The predicted molar refractivity (Wildman–Crippen MR) is 143 cm³/mol. The van der Waals surface area contributed by atoms with E-state index < -0.39 is 0 Å². The summed E-state index contributed by atoms with van der Waals surface area (Å²) in [5.41, 5.74) is 1.39. The van der Waals surface area contributed by atoms with E-state index >= 15 is 0 Å². The first-order valence-electron chi connectivity index (χ1n) is 12.6. The summed E-state index contributed by atoms with van der Waals surface area (Å²) >= 11 is 6.99. The van der Waals surface area contributed by atoms with Gasteiger partial charge in [-0.15, -0.1) is 0 Å². The number of amides is 1. The maximum atomic E-state index is 13.5. The number of nitriles is 1. The van der Waals surface area contributed by atoms with Crippen LogP contribution in [0.25, 0.3) is 6.08 Å². The number of anilines is 1. The van der Waals surface area contributed by atoms with Crippen molar-refractivity contribution in [2.75, 3.05) is 18.0 Å². The van der Waals surface area contributed by atoms with Crippen LogP contribution in [0, 0.1) is 24.2 Å². The van der Waals surface area contributed by atoms with Crippen LogP contribution >= 0.6 is 24.0 Å². The van der Waals surface area contributed by atoms with Gasteiger partial charge in [0.1, 0.15) is 21.8 Å². The Morgan fingerprint density at radius 3 is 2.44 bits per heavy atom. The summed E-state index contributed by atoms with van der Waals surface area (Å²) in [7, 11) is 0. The van der Waals surface area contributed by atoms with Gasteiger partial charge in [-0.05, 0) is 56.6 Å². The number of pyridine rings is 1. The highest BCUT2D eigenvalue weighted by molar-refractivity contribution is 8.26. The topological polar surface area (TPSA) is 69.3 Å². The van der Waals surface area contributed by atoms with Gasteiger partial charge >= 0.3 is 0 Å². The van der Waals surface area contributed by atoms with E-state index in [2.05, 4.69) is 17.9 Å². The van der Waals surface area contributed by atoms with E-state index in [1.807, 2.05) is 24.8 Å². The Morgan fingerprint density at radius 1 is 1.15 bits per heavy atom. The Hall–Kier alpha value is -2.11. The smallest absolute Gasteiger partial charge is 0.270 e. The second-order valence-corrected chi connectivity index (χ2v) is 11.5. The molecule has 1 aromatic heterocycles. The second kappa shape index (κ2) is 10.7. The summed E-state index contributed by atoms with van der Waals surface area (Å²) in [6.45, 7) is 8.39. The monoisotopic (exact) mass is 498 g/mol. The van der Waals surface area contributed by atoms with Crippen molar-refractivity contribution in [1.29, 1.82) is 5.26 Å². The molecule has 2 saturated heterocycles. The number of nitrogens with zero attached hydrogens (tertiary/aromatic N) is 4. The van der Waals surface area contributed by atoms with Crippen LogP contribution in [0.5, 0.6) is 0 Å². The Balaban J connectivity index is 1.83. The molecule has 0 atom stereocenters. The minimum Gasteiger partial charge on any atom is -0.357 e. The van der Waals surface area contributed by atoms with Crippen LogP contribution in [-0.4, -0.2) is 38.8 Å². The highest BCUT2D eigenvalue weighted by atomic mass is 32.2. The molecule has 0 unspecified atom stereocenters. The molecule has 4 rings (SSSR count). The van der Waals surface area contributed by atoms with Crippen LogP contribution in [-0.2, 0) is 11.3 Å². The summed E-state index contributed by atoms with van der Waals surface area (Å²) in [6, 6.07) is 2.32. The molecule has 2 aliphatic heterocycles. The molecule has 3 heterocycles. The van der Waals surface area contributed by atoms with E-state index in [0.29, 0.717) is 27.3 Å². The number of carbonyl (C=O) groups excluding carboxylic acids is 1. The van der Waals surface area contributed by atoms with Gasteiger partial charge in [-0.3, -0.25) is 19.1 Å². The first-order valence-corrected chi connectivity index (χ1v) is 13.8. The van der Waals surface area contributed by atoms with Crippen LogP contribution in [0.4, 0.5) is 5.82 Å². The van der Waals surface area contributed by atoms with Crippen molar-refractivity contribution in [2.45, 2.75) is 84.7 Å². The third-order valence-corrected chi connectivity index (χ3v) is 8.75. The minimum absolute atomic E-state index is 0.0359. The molecule has 0 radical (unpaired) electrons. The van der Waals surface area contributed by atoms with Gasteiger partial charge in [-0.2, -0.15) is 5.26 Å². The van der Waals surface area contributed by atoms with Gasteiger partial charge < -0.3 is 4.90 Å². The molecular weight excluding hydrogens is 464 g/mol. The zero-order valence-corrected chi connectivity index (χ0v) is 22.1. The van der Waals surface area contributed by atoms with Gasteiger partial charge in [0, 0.05) is 31.2 Å². The quantitative estimate of drug-likeness (QED) is 0.410. The lowest BCUT2D eigenvalue weighted by Gasteiger charge is -2.35. The highest BCUT2D eigenvalue weighted by Crippen LogP contribution is 2.39. The van der Waals surface area contributed by atoms with Crippen molar-refractivity contribution in [3.63, 3.8) is 0 Å². The molecular formula is C26H34N4O2S2. The summed E-state index contributed by atoms with van der Waals surface area (Å²) in [4.78, 5) is 31.5. The molecule has 0 N–H and O–H groups in total. The van der Waals surface area contributed by atoms with Crippen molar-refractivity contribution in [2.24, 2.45) is 5.92 Å². The van der Waals surface area contributed by atoms with Gasteiger partial charge in [0.15, 0.2) is 0 Å². The molecule has 0 aromatic carbocycles. The summed E-state index contributed by atoms with van der Waals surface area (Å²) in [5.74, 6) is 1.46. The van der Waals surface area contributed by atoms with Gasteiger partial charge in [-0.1, -0.05) is 57.1 Å². The molecule has 34 heavy (non-hydrogen) atoms. The predicted octanol–water partition coefficient (Wildman–Crippen LogP) is 5.21. The molecule has 182 valence electrons. The van der Waals surface area contributed by atoms with E-state index in [-0.39, 0.29) is 23.1 Å². The molecule has 1 aliphatic carbocycles. The Morgan fingerprint density at radius 2 is 1.82 bits per heavy atom. The number of hydrogen-bond acceptors (Lipinski definition) is 6. The fourth-order valence-corrected chi connectivity index (χ4v) is 6.78. The van der Waals surface area contributed by atoms with E-state index in [9.17, 15) is 14.9 Å². The Bertz CT molecular complexity index is 1100. The molecule has 3 fully saturated rings. The van der Waals surface area contributed by atoms with E-state index in [4.69, 9.17) is 12.2 Å². The maximum absolute atomic E-state index is 13.5. The lowest BCUT2D eigenvalue weighted by Crippen LogP contribution is -2.40. The molecule has 0 bridgehead atoms. The largest absolute Gasteiger partial charge is 0.357 e. The first kappa shape index (κ1) is 25.0. The lowest BCUT2D eigenvalue weighted by atomic mass is 9.94. The second-order valence-electron chi connectivity index (χ2n) is 9.82. The van der Waals surface area contributed by atoms with Crippen LogP contribution in [0.3, 0.4) is 0 Å². The Labute approximate surface area is 212 Å². The summed E-state index contributed by atoms with van der Waals surface area (Å²) in [6.07, 6.45) is 10.3. The average Bonchev–Trinajstić information content (AvgIpc) is 3.11. The Kier molecular flexibility index (Phi) is 7.83. The van der Waals surface area contributed by atoms with Crippen LogP contribution in [0.2, 0.25) is 0 Å². The van der Waals surface area contributed by atoms with Crippen LogP contribution < -0.4 is 10.5 Å². The fraction of sp³-hybridized carbons (Fsp3) is 0.615. The van der Waals surface area contributed by atoms with E-state index in [1.54, 1.807) is 4.57 Å². The van der Waals surface area contributed by atoms with Crippen molar-refractivity contribution in [1.82, 2.24) is 9.47 Å². The zero-order valence-electron chi connectivity index (χ0n) is 20.4. The average molecular weight is 499 g/mol. The molecule has 3 aliphatic rings. The number of piperidine rings is 1. The summed E-state index contributed by atoms with van der Waals surface area (Å²) in [5, 5.41) is 9.82. The molecule has 0 spiro atoms. The lowest BCUT2D eigenvalue weighted by molar-refractivity contribution is -0.124. The van der Waals surface area contributed by atoms with E-state index in [1.165, 1.54) is 18.2 Å². The third kappa shape index (κ3) is 4.70. The number of thiocarbonyl (C=S) groups is 1. The molecule has 6 nitrogen and oxygen atoms in total. The van der Waals surface area contributed by atoms with Gasteiger partial charge in [0.2, 0.25) is 0 Å². The maximum Gasteiger partial charge on any atom is 0.270 e. The van der Waals surface area contributed by atoms with Crippen molar-refractivity contribution < 1.29 is 4.79 Å². The standard InChI is InChI=1S/C26H34N4O2S2/c1-4-12-29-23(28-13-10-17(2)11-14-28)20(18(3)21(16-27)24(29)31)15-22-25(32)30(26(33)34-22)19-8-6-5-7-9-19/h15,17,19H,4-14H2,1-3H3/b22-15-. The van der Waals surface area contributed by atoms with E-state index in [0.717, 1.165) is 69.4 Å². The van der Waals surface area contributed by atoms with Crippen LogP contribution in [0.15, 0.2) is 9.70 Å². The normalized spacial score (nSPS) is 21.5. The number of rotatable bonds is 5. The van der Waals surface area contributed by atoms with Crippen molar-refractivity contribution in [3.05, 3.63) is 31.9 Å². The third-order valence-electron chi connectivity index (χ3n) is 7.42. The first-order chi connectivity index (χ1) is 16.4. The van der Waals surface area contributed by atoms with Crippen molar-refractivity contribution in [3.8, 4) is 6.07 Å². The number of thioether (sulfide) groups is 1. The fourth-order valence-electron chi connectivity index (χ4n) is 5.40. The van der Waals surface area contributed by atoms with Gasteiger partial charge in [0.05, 0.1) is 4.91 Å². The zero-order chi connectivity index (χ0) is 24.4. The SMILES string of the molecule is CCCn1c(N2CCC(C)CC2)c(/C=C2\SC(=S)N(C3CCCCC3)C2=O)c(C)c(C#N)c1=O. The molecule has 1 amide bonds. The van der Waals surface area contributed by atoms with Gasteiger partial charge in [-0.25, -0.2) is 0 Å². The van der Waals surface area contributed by atoms with Gasteiger partial charge in [0.25, 0.3) is 11.5 Å². The molecule has 8 heteroatoms. The number of aromatic nitrogens is 1. The van der Waals surface area contributed by atoms with Crippen LogP contribution in [0.1, 0.15) is 81.9 Å². The number of hydrogen-bond donors (Lipinski definition) is 0. The van der Waals surface area contributed by atoms with Crippen molar-refractivity contribution >= 4 is 46.1 Å². The summed E-state index contributed by atoms with van der Waals surface area (Å²) < 4.78 is 2.38. The molecule has 1 aromatic rings. The number of carbonyl (C=O) groups is 1. The highest BCUT2D eigenvalue weighted by Gasteiger charge is 2.38. The minimum atomic E-state index is -0.234.